The molecule has 5 heteroatoms. The number of hydrogen-bond acceptors (Lipinski definition) is 4. The number of aliphatic hydroxyl groups excluding tert-OH is 1. The summed E-state index contributed by atoms with van der Waals surface area (Å²) in [5, 5.41) is 12.3. The molecule has 20 heavy (non-hydrogen) atoms. The number of ketones is 1. The molecule has 0 radical (unpaired) electrons. The lowest BCUT2D eigenvalue weighted by atomic mass is 10.1. The van der Waals surface area contributed by atoms with Crippen molar-refractivity contribution in [2.24, 2.45) is 5.92 Å². The smallest absolute Gasteiger partial charge is 0.220 e. The van der Waals surface area contributed by atoms with Crippen molar-refractivity contribution in [3.8, 4) is 0 Å². The van der Waals surface area contributed by atoms with Gasteiger partial charge in [0.05, 0.1) is 11.0 Å². The molecule has 1 amide bonds. The number of aryl methyl sites for hydroxylation is 1. The van der Waals surface area contributed by atoms with E-state index in [0.717, 1.165) is 4.88 Å². The molecule has 1 unspecified atom stereocenters. The van der Waals surface area contributed by atoms with Gasteiger partial charge >= 0.3 is 0 Å². The van der Waals surface area contributed by atoms with Crippen LogP contribution in [0.4, 0.5) is 0 Å². The summed E-state index contributed by atoms with van der Waals surface area (Å²) in [7, 11) is 0. The Balaban J connectivity index is 2.24. The fraction of sp³-hybridized carbons (Fsp3) is 0.600. The van der Waals surface area contributed by atoms with E-state index in [4.69, 9.17) is 0 Å². The van der Waals surface area contributed by atoms with Crippen molar-refractivity contribution in [3.05, 3.63) is 21.9 Å². The molecule has 0 saturated carbocycles. The van der Waals surface area contributed by atoms with E-state index >= 15 is 0 Å². The van der Waals surface area contributed by atoms with Crippen molar-refractivity contribution >= 4 is 23.0 Å². The van der Waals surface area contributed by atoms with Crippen LogP contribution in [0.3, 0.4) is 0 Å². The third-order valence-electron chi connectivity index (χ3n) is 2.87. The zero-order valence-corrected chi connectivity index (χ0v) is 13.1. The van der Waals surface area contributed by atoms with E-state index in [1.54, 1.807) is 6.07 Å². The highest BCUT2D eigenvalue weighted by Gasteiger charge is 2.12. The summed E-state index contributed by atoms with van der Waals surface area (Å²) < 4.78 is 0. The Labute approximate surface area is 124 Å². The third-order valence-corrected chi connectivity index (χ3v) is 3.91. The Morgan fingerprint density at radius 2 is 2.00 bits per heavy atom. The van der Waals surface area contributed by atoms with E-state index in [1.165, 1.54) is 11.3 Å². The molecule has 0 bridgehead atoms. The molecule has 1 aromatic rings. The second-order valence-corrected chi connectivity index (χ2v) is 6.71. The molecular weight excluding hydrogens is 274 g/mol. The largest absolute Gasteiger partial charge is 0.391 e. The van der Waals surface area contributed by atoms with Gasteiger partial charge in [0.2, 0.25) is 5.91 Å². The van der Waals surface area contributed by atoms with E-state index in [-0.39, 0.29) is 31.1 Å². The highest BCUT2D eigenvalue weighted by Crippen LogP contribution is 2.17. The quantitative estimate of drug-likeness (QED) is 0.725. The van der Waals surface area contributed by atoms with Crippen molar-refractivity contribution in [1.29, 1.82) is 0 Å². The zero-order valence-electron chi connectivity index (χ0n) is 12.3. The van der Waals surface area contributed by atoms with Gasteiger partial charge in [-0.1, -0.05) is 13.8 Å². The average Bonchev–Trinajstić information content (AvgIpc) is 2.79. The first-order valence-electron chi connectivity index (χ1n) is 6.93. The first kappa shape index (κ1) is 16.9. The number of amides is 1. The number of aliphatic hydroxyl groups is 1. The lowest BCUT2D eigenvalue weighted by Crippen LogP contribution is -2.32. The number of Topliss-reactive ketones (excluding diaryl/α,β-unsaturated/α-hetero) is 1. The van der Waals surface area contributed by atoms with Gasteiger partial charge in [0.1, 0.15) is 0 Å². The van der Waals surface area contributed by atoms with Crippen LogP contribution in [0.25, 0.3) is 0 Å². The van der Waals surface area contributed by atoms with Crippen LogP contribution in [0.15, 0.2) is 12.1 Å². The molecule has 0 fully saturated rings. The summed E-state index contributed by atoms with van der Waals surface area (Å²) >= 11 is 1.45. The number of hydrogen-bond donors (Lipinski definition) is 2. The molecule has 1 rings (SSSR count). The van der Waals surface area contributed by atoms with Crippen LogP contribution in [-0.2, 0) is 4.79 Å². The van der Waals surface area contributed by atoms with Gasteiger partial charge in [-0.15, -0.1) is 11.3 Å². The van der Waals surface area contributed by atoms with Gasteiger partial charge in [-0.05, 0) is 31.4 Å². The summed E-state index contributed by atoms with van der Waals surface area (Å²) in [5.74, 6) is 0.209. The van der Waals surface area contributed by atoms with Gasteiger partial charge in [0.25, 0.3) is 0 Å². The molecule has 1 aromatic heterocycles. The lowest BCUT2D eigenvalue weighted by molar-refractivity contribution is -0.121. The Kier molecular flexibility index (Phi) is 6.88. The third kappa shape index (κ3) is 6.30. The molecule has 1 atom stereocenters. The lowest BCUT2D eigenvalue weighted by Gasteiger charge is -2.13. The number of nitrogens with one attached hydrogen (secondary N) is 1. The first-order chi connectivity index (χ1) is 9.38. The summed E-state index contributed by atoms with van der Waals surface area (Å²) in [6.45, 7) is 6.24. The summed E-state index contributed by atoms with van der Waals surface area (Å²) in [6, 6.07) is 3.70. The van der Waals surface area contributed by atoms with E-state index < -0.39 is 6.10 Å². The van der Waals surface area contributed by atoms with Gasteiger partial charge in [-0.2, -0.15) is 0 Å². The van der Waals surface area contributed by atoms with Crippen molar-refractivity contribution in [1.82, 2.24) is 5.32 Å². The topological polar surface area (TPSA) is 66.4 Å². The van der Waals surface area contributed by atoms with Crippen LogP contribution in [0.2, 0.25) is 0 Å². The van der Waals surface area contributed by atoms with Crippen LogP contribution in [0, 0.1) is 12.8 Å². The molecular formula is C15H23NO3S. The Morgan fingerprint density at radius 1 is 1.30 bits per heavy atom. The normalized spacial score (nSPS) is 12.4. The van der Waals surface area contributed by atoms with Crippen LogP contribution < -0.4 is 5.32 Å². The molecule has 0 spiro atoms. The number of carbonyl (C=O) groups is 2. The van der Waals surface area contributed by atoms with E-state index in [2.05, 4.69) is 5.32 Å². The minimum absolute atomic E-state index is 0.000906. The standard InChI is InChI=1S/C15H23NO3S/c1-10(2)8-12(17)9-16-15(19)7-5-13(18)14-6-4-11(3)20-14/h4,6,10,12,17H,5,7-9H2,1-3H3,(H,16,19). The molecule has 4 nitrogen and oxygen atoms in total. The van der Waals surface area contributed by atoms with Gasteiger partial charge in [-0.25, -0.2) is 0 Å². The van der Waals surface area contributed by atoms with Crippen LogP contribution in [0.5, 0.6) is 0 Å². The van der Waals surface area contributed by atoms with Crippen LogP contribution >= 0.6 is 11.3 Å². The second kappa shape index (κ2) is 8.17. The molecule has 1 heterocycles. The van der Waals surface area contributed by atoms with Gasteiger partial charge in [-0.3, -0.25) is 9.59 Å². The first-order valence-corrected chi connectivity index (χ1v) is 7.74. The van der Waals surface area contributed by atoms with E-state index in [0.29, 0.717) is 17.2 Å². The zero-order chi connectivity index (χ0) is 15.1. The minimum Gasteiger partial charge on any atom is -0.391 e. The highest BCUT2D eigenvalue weighted by molar-refractivity contribution is 7.14. The molecule has 0 aromatic carbocycles. The average molecular weight is 297 g/mol. The predicted molar refractivity (Wildman–Crippen MR) is 81.1 cm³/mol. The number of rotatable bonds is 8. The Hall–Kier alpha value is -1.20. The highest BCUT2D eigenvalue weighted by atomic mass is 32.1. The summed E-state index contributed by atoms with van der Waals surface area (Å²) in [5.41, 5.74) is 0. The molecule has 0 aliphatic rings. The summed E-state index contributed by atoms with van der Waals surface area (Å²) in [4.78, 5) is 25.2. The van der Waals surface area contributed by atoms with Gasteiger partial charge in [0.15, 0.2) is 5.78 Å². The van der Waals surface area contributed by atoms with Crippen LogP contribution in [0.1, 0.15) is 47.7 Å². The van der Waals surface area contributed by atoms with Gasteiger partial charge in [0, 0.05) is 24.3 Å². The van der Waals surface area contributed by atoms with Crippen molar-refractivity contribution in [3.63, 3.8) is 0 Å². The van der Waals surface area contributed by atoms with Crippen molar-refractivity contribution in [2.75, 3.05) is 6.54 Å². The van der Waals surface area contributed by atoms with E-state index in [9.17, 15) is 14.7 Å². The molecule has 0 aliphatic carbocycles. The monoisotopic (exact) mass is 297 g/mol. The van der Waals surface area contributed by atoms with Crippen LogP contribution in [-0.4, -0.2) is 29.4 Å². The predicted octanol–water partition coefficient (Wildman–Crippen LogP) is 2.54. The maximum atomic E-state index is 11.8. The van der Waals surface area contributed by atoms with Crippen molar-refractivity contribution < 1.29 is 14.7 Å². The molecule has 112 valence electrons. The second-order valence-electron chi connectivity index (χ2n) is 5.42. The molecule has 0 aliphatic heterocycles. The number of thiophene rings is 1. The minimum atomic E-state index is -0.519. The Bertz CT molecular complexity index is 454. The molecule has 0 saturated heterocycles. The van der Waals surface area contributed by atoms with E-state index in [1.807, 2.05) is 26.8 Å². The van der Waals surface area contributed by atoms with Gasteiger partial charge < -0.3 is 10.4 Å². The SMILES string of the molecule is Cc1ccc(C(=O)CCC(=O)NCC(O)CC(C)C)s1. The maximum Gasteiger partial charge on any atom is 0.220 e. The number of carbonyl (C=O) groups excluding carboxylic acids is 2. The fourth-order valence-corrected chi connectivity index (χ4v) is 2.72. The molecule has 2 N–H and O–H groups in total. The van der Waals surface area contributed by atoms with Crippen molar-refractivity contribution in [2.45, 2.75) is 46.1 Å². The Morgan fingerprint density at radius 3 is 2.55 bits per heavy atom. The fourth-order valence-electron chi connectivity index (χ4n) is 1.88. The maximum absolute atomic E-state index is 11.8. The summed E-state index contributed by atoms with van der Waals surface area (Å²) in [6.07, 6.45) is 0.527.